The van der Waals surface area contributed by atoms with Gasteiger partial charge in [0.1, 0.15) is 0 Å². The van der Waals surface area contributed by atoms with Crippen molar-refractivity contribution in [2.24, 2.45) is 0 Å². The molecule has 46 heavy (non-hydrogen) atoms. The fourth-order valence-electron chi connectivity index (χ4n) is 7.90. The standard InChI is InChI=1S/C44H24Br2/c45-43-35-13-5-1-9-31(35)41(32-10-2-6-14-36(32)43)29-21-25-17-19-27-23-30(24-28-20-18-26(22-29)39(25)40(27)28)42-33-11-3-7-15-37(33)44(46)38-16-8-4-12-34(38)42/h1-24H. The van der Waals surface area contributed by atoms with Gasteiger partial charge in [-0.1, -0.05) is 121 Å². The lowest BCUT2D eigenvalue weighted by Crippen LogP contribution is -1.91. The highest BCUT2D eigenvalue weighted by Crippen LogP contribution is 2.47. The quantitative estimate of drug-likeness (QED) is 0.124. The summed E-state index contributed by atoms with van der Waals surface area (Å²) >= 11 is 7.86. The van der Waals surface area contributed by atoms with Gasteiger partial charge in [0.15, 0.2) is 0 Å². The highest BCUT2D eigenvalue weighted by molar-refractivity contribution is 9.11. The van der Waals surface area contributed by atoms with Crippen molar-refractivity contribution < 1.29 is 0 Å². The van der Waals surface area contributed by atoms with Crippen LogP contribution >= 0.6 is 31.9 Å². The first-order valence-electron chi connectivity index (χ1n) is 15.6. The summed E-state index contributed by atoms with van der Waals surface area (Å²) in [5.74, 6) is 0. The lowest BCUT2D eigenvalue weighted by molar-refractivity contribution is 1.69. The monoisotopic (exact) mass is 710 g/mol. The largest absolute Gasteiger partial charge is 0.0616 e. The number of benzene rings is 10. The minimum absolute atomic E-state index is 1.15. The Morgan fingerprint density at radius 1 is 0.283 bits per heavy atom. The topological polar surface area (TPSA) is 0 Å². The predicted octanol–water partition coefficient (Wildman–Crippen LogP) is 14.1. The molecule has 2 heteroatoms. The first-order chi connectivity index (χ1) is 22.7. The predicted molar refractivity (Wildman–Crippen MR) is 206 cm³/mol. The zero-order valence-electron chi connectivity index (χ0n) is 24.6. The van der Waals surface area contributed by atoms with Crippen LogP contribution in [0.4, 0.5) is 0 Å². The molecule has 0 aliphatic heterocycles. The first-order valence-corrected chi connectivity index (χ1v) is 17.2. The summed E-state index contributed by atoms with van der Waals surface area (Å²) in [6.07, 6.45) is 0. The molecule has 0 saturated heterocycles. The van der Waals surface area contributed by atoms with Crippen LogP contribution in [0.3, 0.4) is 0 Å². The van der Waals surface area contributed by atoms with Gasteiger partial charge in [-0.2, -0.15) is 0 Å². The van der Waals surface area contributed by atoms with Gasteiger partial charge in [-0.25, -0.2) is 0 Å². The van der Waals surface area contributed by atoms with Gasteiger partial charge < -0.3 is 0 Å². The van der Waals surface area contributed by atoms with Crippen LogP contribution in [0.5, 0.6) is 0 Å². The van der Waals surface area contributed by atoms with Gasteiger partial charge in [-0.15, -0.1) is 0 Å². The molecular formula is C44H24Br2. The Labute approximate surface area is 282 Å². The number of hydrogen-bond donors (Lipinski definition) is 0. The van der Waals surface area contributed by atoms with E-state index < -0.39 is 0 Å². The Bertz CT molecular complexity index is 2500. The van der Waals surface area contributed by atoms with E-state index in [4.69, 9.17) is 0 Å². The highest BCUT2D eigenvalue weighted by atomic mass is 79.9. The normalized spacial score (nSPS) is 12.1. The summed E-state index contributed by atoms with van der Waals surface area (Å²) in [7, 11) is 0. The average Bonchev–Trinajstić information content (AvgIpc) is 3.11. The summed E-state index contributed by atoms with van der Waals surface area (Å²) in [6.45, 7) is 0. The molecule has 0 saturated carbocycles. The number of fused-ring (bicyclic) bond motifs is 4. The molecule has 0 atom stereocenters. The second kappa shape index (κ2) is 9.87. The van der Waals surface area contributed by atoms with Crippen molar-refractivity contribution in [3.05, 3.63) is 155 Å². The van der Waals surface area contributed by atoms with Gasteiger partial charge in [0.05, 0.1) is 0 Å². The van der Waals surface area contributed by atoms with Crippen molar-refractivity contribution in [2.45, 2.75) is 0 Å². The molecule has 10 aromatic rings. The van der Waals surface area contributed by atoms with Crippen LogP contribution in [0.25, 0.3) is 97.7 Å². The van der Waals surface area contributed by atoms with Crippen molar-refractivity contribution in [1.29, 1.82) is 0 Å². The molecule has 0 nitrogen and oxygen atoms in total. The molecule has 0 heterocycles. The van der Waals surface area contributed by atoms with Crippen LogP contribution in [0.2, 0.25) is 0 Å². The lowest BCUT2D eigenvalue weighted by Gasteiger charge is -2.18. The van der Waals surface area contributed by atoms with E-state index in [1.807, 2.05) is 0 Å². The molecule has 0 aliphatic carbocycles. The number of halogens is 2. The van der Waals surface area contributed by atoms with Gasteiger partial charge in [0.25, 0.3) is 0 Å². The third-order valence-electron chi connectivity index (χ3n) is 9.84. The van der Waals surface area contributed by atoms with Crippen LogP contribution < -0.4 is 0 Å². The molecule has 0 aliphatic rings. The van der Waals surface area contributed by atoms with Crippen LogP contribution in [0, 0.1) is 0 Å². The second-order valence-electron chi connectivity index (χ2n) is 12.3. The third kappa shape index (κ3) is 3.66. The van der Waals surface area contributed by atoms with Crippen LogP contribution in [0.15, 0.2) is 155 Å². The van der Waals surface area contributed by atoms with Crippen LogP contribution in [-0.2, 0) is 0 Å². The van der Waals surface area contributed by atoms with E-state index in [-0.39, 0.29) is 0 Å². The summed E-state index contributed by atoms with van der Waals surface area (Å²) < 4.78 is 2.31. The van der Waals surface area contributed by atoms with Gasteiger partial charge in [-0.3, -0.25) is 0 Å². The fraction of sp³-hybridized carbons (Fsp3) is 0. The maximum atomic E-state index is 3.93. The van der Waals surface area contributed by atoms with E-state index in [0.29, 0.717) is 0 Å². The molecule has 0 N–H and O–H groups in total. The Balaban J connectivity index is 1.25. The molecule has 0 radical (unpaired) electrons. The van der Waals surface area contributed by atoms with E-state index in [2.05, 4.69) is 177 Å². The number of hydrogen-bond acceptors (Lipinski definition) is 0. The Morgan fingerprint density at radius 3 is 0.783 bits per heavy atom. The van der Waals surface area contributed by atoms with Crippen molar-refractivity contribution in [3.63, 3.8) is 0 Å². The van der Waals surface area contributed by atoms with E-state index in [0.717, 1.165) is 8.95 Å². The molecular weight excluding hydrogens is 688 g/mol. The molecule has 0 fully saturated rings. The zero-order chi connectivity index (χ0) is 30.5. The molecule has 10 rings (SSSR count). The summed E-state index contributed by atoms with van der Waals surface area (Å²) in [6, 6.07) is 53.8. The molecule has 214 valence electrons. The van der Waals surface area contributed by atoms with Crippen LogP contribution in [0.1, 0.15) is 0 Å². The van der Waals surface area contributed by atoms with Crippen molar-refractivity contribution in [3.8, 4) is 22.3 Å². The van der Waals surface area contributed by atoms with Crippen molar-refractivity contribution in [2.75, 3.05) is 0 Å². The SMILES string of the molecule is Brc1c2ccccc2c(-c2cc3ccc4cc(-c5c6ccccc6c(Br)c6ccccc56)cc5ccc(c2)c3c45)c2ccccc12. The van der Waals surface area contributed by atoms with E-state index in [9.17, 15) is 0 Å². The molecule has 0 unspecified atom stereocenters. The van der Waals surface area contributed by atoms with Crippen LogP contribution in [-0.4, -0.2) is 0 Å². The van der Waals surface area contributed by atoms with E-state index in [1.165, 1.54) is 97.7 Å². The smallest absolute Gasteiger partial charge is 0.0332 e. The zero-order valence-corrected chi connectivity index (χ0v) is 27.8. The summed E-state index contributed by atoms with van der Waals surface area (Å²) in [5.41, 5.74) is 5.07. The second-order valence-corrected chi connectivity index (χ2v) is 13.9. The van der Waals surface area contributed by atoms with Gasteiger partial charge in [0, 0.05) is 8.95 Å². The maximum absolute atomic E-state index is 3.93. The highest BCUT2D eigenvalue weighted by Gasteiger charge is 2.19. The van der Waals surface area contributed by atoms with Crippen molar-refractivity contribution in [1.82, 2.24) is 0 Å². The third-order valence-corrected chi connectivity index (χ3v) is 11.6. The minimum Gasteiger partial charge on any atom is -0.0616 e. The van der Waals surface area contributed by atoms with Gasteiger partial charge in [0.2, 0.25) is 0 Å². The molecule has 10 aromatic carbocycles. The van der Waals surface area contributed by atoms with Crippen molar-refractivity contribution >= 4 is 107 Å². The first kappa shape index (κ1) is 26.5. The van der Waals surface area contributed by atoms with E-state index in [1.54, 1.807) is 0 Å². The molecule has 0 aromatic heterocycles. The summed E-state index contributed by atoms with van der Waals surface area (Å²) in [4.78, 5) is 0. The Kier molecular flexibility index (Phi) is 5.68. The van der Waals surface area contributed by atoms with E-state index >= 15 is 0 Å². The Morgan fingerprint density at radius 2 is 0.522 bits per heavy atom. The average molecular weight is 712 g/mol. The molecule has 0 bridgehead atoms. The minimum atomic E-state index is 1.15. The number of rotatable bonds is 2. The lowest BCUT2D eigenvalue weighted by atomic mass is 9.86. The van der Waals surface area contributed by atoms with Gasteiger partial charge in [-0.05, 0) is 154 Å². The maximum Gasteiger partial charge on any atom is 0.0332 e. The Hall–Kier alpha value is -4.76. The fourth-order valence-corrected chi connectivity index (χ4v) is 9.28. The molecule has 0 spiro atoms. The van der Waals surface area contributed by atoms with Gasteiger partial charge >= 0.3 is 0 Å². The molecule has 0 amide bonds. The summed E-state index contributed by atoms with van der Waals surface area (Å²) in [5, 5.41) is 17.8.